The molecule has 7 nitrogen and oxygen atoms in total. The highest BCUT2D eigenvalue weighted by Gasteiger charge is 2.32. The smallest absolute Gasteiger partial charge is 0.254 e. The lowest BCUT2D eigenvalue weighted by Gasteiger charge is -2.35. The quantitative estimate of drug-likeness (QED) is 0.617. The van der Waals surface area contributed by atoms with Crippen molar-refractivity contribution >= 4 is 29.0 Å². The van der Waals surface area contributed by atoms with Gasteiger partial charge in [-0.3, -0.25) is 4.79 Å². The Balaban J connectivity index is 1.48. The number of likely N-dealkylation sites (tertiary alicyclic amines) is 1. The minimum absolute atomic E-state index is 0.0319. The Morgan fingerprint density at radius 1 is 1.21 bits per heavy atom. The topological polar surface area (TPSA) is 79.8 Å². The molecule has 3 aromatic rings. The van der Waals surface area contributed by atoms with Crippen LogP contribution in [0.5, 0.6) is 0 Å². The molecule has 2 aromatic heterocycles. The van der Waals surface area contributed by atoms with Crippen LogP contribution in [0, 0.1) is 12.8 Å². The molecule has 33 heavy (non-hydrogen) atoms. The average Bonchev–Trinajstić information content (AvgIpc) is 3.43. The first kappa shape index (κ1) is 22.2. The van der Waals surface area contributed by atoms with Crippen molar-refractivity contribution in [2.24, 2.45) is 11.7 Å². The van der Waals surface area contributed by atoms with Crippen molar-refractivity contribution in [1.29, 1.82) is 0 Å². The van der Waals surface area contributed by atoms with E-state index in [1.54, 1.807) is 12.1 Å². The van der Waals surface area contributed by atoms with Crippen LogP contribution in [0.25, 0.3) is 5.65 Å². The van der Waals surface area contributed by atoms with E-state index in [1.165, 1.54) is 6.42 Å². The molecule has 1 aromatic carbocycles. The van der Waals surface area contributed by atoms with Crippen molar-refractivity contribution in [2.75, 3.05) is 24.5 Å². The Morgan fingerprint density at radius 2 is 2.06 bits per heavy atom. The molecule has 5 rings (SSSR count). The number of hydrogen-bond donors (Lipinski definition) is 1. The molecule has 0 saturated carbocycles. The van der Waals surface area contributed by atoms with E-state index >= 15 is 0 Å². The predicted molar refractivity (Wildman–Crippen MR) is 131 cm³/mol. The summed E-state index contributed by atoms with van der Waals surface area (Å²) in [4.78, 5) is 22.9. The van der Waals surface area contributed by atoms with Crippen LogP contribution in [-0.2, 0) is 6.54 Å². The third-order valence-corrected chi connectivity index (χ3v) is 7.21. The monoisotopic (exact) mass is 466 g/mol. The Morgan fingerprint density at radius 3 is 2.82 bits per heavy atom. The third-order valence-electron chi connectivity index (χ3n) is 6.97. The van der Waals surface area contributed by atoms with Crippen LogP contribution < -0.4 is 10.6 Å². The summed E-state index contributed by atoms with van der Waals surface area (Å²) in [5, 5.41) is 5.40. The van der Waals surface area contributed by atoms with Gasteiger partial charge in [-0.15, -0.1) is 0 Å². The Kier molecular flexibility index (Phi) is 6.01. The molecule has 8 heteroatoms. The van der Waals surface area contributed by atoms with Gasteiger partial charge in [-0.25, -0.2) is 9.50 Å². The molecule has 174 valence electrons. The second-order valence-electron chi connectivity index (χ2n) is 9.48. The summed E-state index contributed by atoms with van der Waals surface area (Å²) in [5.41, 5.74) is 10.1. The molecule has 2 atom stereocenters. The number of piperidine rings is 1. The van der Waals surface area contributed by atoms with Crippen molar-refractivity contribution in [3.63, 3.8) is 0 Å². The molecule has 2 aliphatic heterocycles. The van der Waals surface area contributed by atoms with E-state index in [2.05, 4.69) is 24.9 Å². The van der Waals surface area contributed by atoms with Gasteiger partial charge in [0.05, 0.1) is 11.7 Å². The van der Waals surface area contributed by atoms with E-state index in [1.807, 2.05) is 21.5 Å². The number of nitrogens with two attached hydrogens (primary N) is 1. The predicted octanol–water partition coefficient (Wildman–Crippen LogP) is 4.36. The van der Waals surface area contributed by atoms with Crippen molar-refractivity contribution in [2.45, 2.75) is 52.1 Å². The molecule has 0 unspecified atom stereocenters. The highest BCUT2D eigenvalue weighted by atomic mass is 35.5. The second-order valence-corrected chi connectivity index (χ2v) is 9.91. The minimum atomic E-state index is -0.0897. The second kappa shape index (κ2) is 8.95. The van der Waals surface area contributed by atoms with Crippen molar-refractivity contribution in [3.05, 3.63) is 57.9 Å². The standard InChI is InChI=1S/C25H31ClN6O/c1-16-8-10-30(14-16)24-17(2)15-32-23(28-24)12-21(29-32)22-5-3-4-9-31(22)25(33)20-11-19(26)7-6-18(20)13-27/h6-7,11-12,15-16,22H,3-5,8-10,13-14,27H2,1-2H3/t16-,22-/m0/s1. The zero-order chi connectivity index (χ0) is 23.1. The number of aromatic nitrogens is 3. The summed E-state index contributed by atoms with van der Waals surface area (Å²) < 4.78 is 1.86. The summed E-state index contributed by atoms with van der Waals surface area (Å²) in [7, 11) is 0. The largest absolute Gasteiger partial charge is 0.356 e. The fourth-order valence-electron chi connectivity index (χ4n) is 5.19. The molecule has 0 radical (unpaired) electrons. The molecule has 2 N–H and O–H groups in total. The Bertz CT molecular complexity index is 1190. The fourth-order valence-corrected chi connectivity index (χ4v) is 5.36. The van der Waals surface area contributed by atoms with Gasteiger partial charge in [0, 0.05) is 54.6 Å². The number of rotatable bonds is 4. The third kappa shape index (κ3) is 4.20. The van der Waals surface area contributed by atoms with Crippen LogP contribution >= 0.6 is 11.6 Å². The van der Waals surface area contributed by atoms with Gasteiger partial charge in [0.25, 0.3) is 5.91 Å². The van der Waals surface area contributed by atoms with Crippen LogP contribution in [-0.4, -0.2) is 45.0 Å². The maximum absolute atomic E-state index is 13.6. The summed E-state index contributed by atoms with van der Waals surface area (Å²) in [6.07, 6.45) is 6.17. The van der Waals surface area contributed by atoms with E-state index in [0.29, 0.717) is 29.6 Å². The first-order valence-electron chi connectivity index (χ1n) is 11.9. The number of carbonyl (C=O) groups excluding carboxylic acids is 1. The van der Waals surface area contributed by atoms with Gasteiger partial charge >= 0.3 is 0 Å². The first-order chi connectivity index (χ1) is 15.9. The summed E-state index contributed by atoms with van der Waals surface area (Å²) in [5.74, 6) is 1.70. The maximum Gasteiger partial charge on any atom is 0.254 e. The van der Waals surface area contributed by atoms with Crippen molar-refractivity contribution < 1.29 is 4.79 Å². The van der Waals surface area contributed by atoms with E-state index < -0.39 is 0 Å². The highest BCUT2D eigenvalue weighted by molar-refractivity contribution is 6.31. The summed E-state index contributed by atoms with van der Waals surface area (Å²) in [6, 6.07) is 7.31. The van der Waals surface area contributed by atoms with Gasteiger partial charge in [-0.1, -0.05) is 24.6 Å². The molecule has 0 aliphatic carbocycles. The number of benzene rings is 1. The van der Waals surface area contributed by atoms with Crippen LogP contribution in [0.2, 0.25) is 5.02 Å². The summed E-state index contributed by atoms with van der Waals surface area (Å²) in [6.45, 7) is 7.45. The molecule has 2 saturated heterocycles. The average molecular weight is 467 g/mol. The molecule has 2 aliphatic rings. The molecular formula is C25H31ClN6O. The normalized spacial score (nSPS) is 21.2. The van der Waals surface area contributed by atoms with Crippen LogP contribution in [0.1, 0.15) is 65.8 Å². The Labute approximate surface area is 199 Å². The maximum atomic E-state index is 13.6. The zero-order valence-electron chi connectivity index (χ0n) is 19.3. The van der Waals surface area contributed by atoms with E-state index in [-0.39, 0.29) is 11.9 Å². The number of anilines is 1. The summed E-state index contributed by atoms with van der Waals surface area (Å²) >= 11 is 6.22. The van der Waals surface area contributed by atoms with E-state index in [9.17, 15) is 4.79 Å². The SMILES string of the molecule is Cc1cn2nc([C@@H]3CCCCN3C(=O)c3cc(Cl)ccc3CN)cc2nc1N1CC[C@H](C)C1. The Hall–Kier alpha value is -2.64. The number of halogens is 1. The fraction of sp³-hybridized carbons (Fsp3) is 0.480. The zero-order valence-corrected chi connectivity index (χ0v) is 20.1. The first-order valence-corrected chi connectivity index (χ1v) is 12.2. The minimum Gasteiger partial charge on any atom is -0.356 e. The number of fused-ring (bicyclic) bond motifs is 1. The number of aryl methyl sites for hydroxylation is 1. The van der Waals surface area contributed by atoms with Crippen molar-refractivity contribution in [3.8, 4) is 0 Å². The highest BCUT2D eigenvalue weighted by Crippen LogP contribution is 2.33. The van der Waals surface area contributed by atoms with E-state index in [0.717, 1.165) is 60.6 Å². The molecule has 2 fully saturated rings. The van der Waals surface area contributed by atoms with Crippen molar-refractivity contribution in [1.82, 2.24) is 19.5 Å². The van der Waals surface area contributed by atoms with Crippen LogP contribution in [0.4, 0.5) is 5.82 Å². The van der Waals surface area contributed by atoms with E-state index in [4.69, 9.17) is 27.4 Å². The lowest BCUT2D eigenvalue weighted by atomic mass is 9.97. The number of amides is 1. The number of nitrogens with zero attached hydrogens (tertiary/aromatic N) is 5. The van der Waals surface area contributed by atoms with Crippen LogP contribution in [0.15, 0.2) is 30.5 Å². The lowest BCUT2D eigenvalue weighted by Crippen LogP contribution is -2.39. The molecular weight excluding hydrogens is 436 g/mol. The molecule has 4 heterocycles. The molecule has 0 bridgehead atoms. The van der Waals surface area contributed by atoms with Gasteiger partial charge in [0.15, 0.2) is 5.65 Å². The van der Waals surface area contributed by atoms with Gasteiger partial charge in [0.2, 0.25) is 0 Å². The van der Waals surface area contributed by atoms with Gasteiger partial charge in [0.1, 0.15) is 5.82 Å². The molecule has 0 spiro atoms. The van der Waals surface area contributed by atoms with Gasteiger partial charge < -0.3 is 15.5 Å². The molecule has 1 amide bonds. The van der Waals surface area contributed by atoms with Gasteiger partial charge in [-0.2, -0.15) is 5.10 Å². The number of hydrogen-bond acceptors (Lipinski definition) is 5. The lowest BCUT2D eigenvalue weighted by molar-refractivity contribution is 0.0604. The number of carbonyl (C=O) groups is 1. The van der Waals surface area contributed by atoms with Crippen LogP contribution in [0.3, 0.4) is 0 Å². The van der Waals surface area contributed by atoms with Gasteiger partial charge in [-0.05, 0) is 56.2 Å².